The van der Waals surface area contributed by atoms with Crippen LogP contribution >= 0.6 is 0 Å². The Kier molecular flexibility index (Phi) is 3.73. The molecule has 0 aromatic carbocycles. The molecule has 4 N–H and O–H groups in total. The smallest absolute Gasteiger partial charge is 0.328 e. The lowest BCUT2D eigenvalue weighted by Crippen LogP contribution is -2.37. The standard InChI is InChI=1S/C14H16N2O6/c17-5-8-3-10(12(19)11(8)18)16-4-9(7-1-2-22-6-7)13(20)15-14(16)21/h1-2,4,6,8,10-12,17-19H,3,5H2,(H,15,20,21)/t8-,10-,11-,12+/m1/s1. The summed E-state index contributed by atoms with van der Waals surface area (Å²) in [6.07, 6.45) is 2.03. The van der Waals surface area contributed by atoms with Crippen molar-refractivity contribution in [3.05, 3.63) is 45.6 Å². The van der Waals surface area contributed by atoms with E-state index in [0.717, 1.165) is 0 Å². The van der Waals surface area contributed by atoms with Gasteiger partial charge in [-0.2, -0.15) is 0 Å². The number of aromatic nitrogens is 2. The first-order valence-corrected chi connectivity index (χ1v) is 6.88. The Morgan fingerprint density at radius 1 is 1.32 bits per heavy atom. The summed E-state index contributed by atoms with van der Waals surface area (Å²) in [5.41, 5.74) is -0.509. The molecule has 2 heterocycles. The highest BCUT2D eigenvalue weighted by atomic mass is 16.3. The van der Waals surface area contributed by atoms with Crippen LogP contribution in [0.25, 0.3) is 11.1 Å². The van der Waals surface area contributed by atoms with Gasteiger partial charge in [0.15, 0.2) is 0 Å². The Hall–Kier alpha value is -2.16. The van der Waals surface area contributed by atoms with Crippen molar-refractivity contribution in [2.75, 3.05) is 6.61 Å². The Morgan fingerprint density at radius 3 is 2.68 bits per heavy atom. The van der Waals surface area contributed by atoms with E-state index in [1.165, 1.54) is 23.3 Å². The number of nitrogens with zero attached hydrogens (tertiary/aromatic N) is 1. The van der Waals surface area contributed by atoms with Crippen LogP contribution in [0.2, 0.25) is 0 Å². The summed E-state index contributed by atoms with van der Waals surface area (Å²) in [5, 5.41) is 29.2. The number of hydrogen-bond acceptors (Lipinski definition) is 6. The normalized spacial score (nSPS) is 28.1. The first kappa shape index (κ1) is 14.8. The number of hydrogen-bond donors (Lipinski definition) is 4. The second-order valence-corrected chi connectivity index (χ2v) is 5.45. The molecule has 0 spiro atoms. The van der Waals surface area contributed by atoms with Gasteiger partial charge in [0.05, 0.1) is 30.2 Å². The summed E-state index contributed by atoms with van der Waals surface area (Å²) < 4.78 is 6.12. The molecule has 8 heteroatoms. The van der Waals surface area contributed by atoms with Crippen LogP contribution in [-0.4, -0.2) is 43.7 Å². The molecule has 2 aromatic heterocycles. The van der Waals surface area contributed by atoms with Crippen molar-refractivity contribution in [2.45, 2.75) is 24.7 Å². The monoisotopic (exact) mass is 308 g/mol. The van der Waals surface area contributed by atoms with Gasteiger partial charge in [0.1, 0.15) is 6.10 Å². The quantitative estimate of drug-likeness (QED) is 0.580. The van der Waals surface area contributed by atoms with Gasteiger partial charge in [0.2, 0.25) is 0 Å². The molecule has 8 nitrogen and oxygen atoms in total. The maximum absolute atomic E-state index is 12.0. The van der Waals surface area contributed by atoms with E-state index in [9.17, 15) is 24.9 Å². The highest BCUT2D eigenvalue weighted by Crippen LogP contribution is 2.34. The van der Waals surface area contributed by atoms with E-state index in [2.05, 4.69) is 4.98 Å². The highest BCUT2D eigenvalue weighted by Gasteiger charge is 2.42. The number of aromatic amines is 1. The summed E-state index contributed by atoms with van der Waals surface area (Å²) in [6, 6.07) is 0.859. The summed E-state index contributed by atoms with van der Waals surface area (Å²) in [5.74, 6) is -0.517. The first-order valence-electron chi connectivity index (χ1n) is 6.88. The van der Waals surface area contributed by atoms with Gasteiger partial charge >= 0.3 is 5.69 Å². The molecular formula is C14H16N2O6. The Balaban J connectivity index is 2.07. The van der Waals surface area contributed by atoms with Crippen LogP contribution in [0.3, 0.4) is 0 Å². The van der Waals surface area contributed by atoms with Crippen LogP contribution < -0.4 is 11.2 Å². The van der Waals surface area contributed by atoms with Gasteiger partial charge in [-0.1, -0.05) is 0 Å². The molecule has 0 aliphatic heterocycles. The van der Waals surface area contributed by atoms with E-state index in [4.69, 9.17) is 4.42 Å². The van der Waals surface area contributed by atoms with Gasteiger partial charge < -0.3 is 19.7 Å². The van der Waals surface area contributed by atoms with Crippen LogP contribution in [-0.2, 0) is 0 Å². The molecule has 4 atom stereocenters. The molecule has 22 heavy (non-hydrogen) atoms. The molecule has 1 aliphatic carbocycles. The molecule has 0 amide bonds. The minimum atomic E-state index is -1.20. The lowest BCUT2D eigenvalue weighted by molar-refractivity contribution is -0.00454. The maximum atomic E-state index is 12.0. The molecule has 1 saturated carbocycles. The van der Waals surface area contributed by atoms with Gasteiger partial charge in [-0.05, 0) is 12.5 Å². The summed E-state index contributed by atoms with van der Waals surface area (Å²) >= 11 is 0. The van der Waals surface area contributed by atoms with E-state index >= 15 is 0 Å². The minimum absolute atomic E-state index is 0.225. The number of H-pyrrole nitrogens is 1. The van der Waals surface area contributed by atoms with Gasteiger partial charge in [-0.3, -0.25) is 14.3 Å². The van der Waals surface area contributed by atoms with Crippen LogP contribution in [0.4, 0.5) is 0 Å². The molecule has 0 saturated heterocycles. The molecule has 3 rings (SSSR count). The predicted octanol–water partition coefficient (Wildman–Crippen LogP) is -0.928. The second kappa shape index (κ2) is 5.56. The summed E-state index contributed by atoms with van der Waals surface area (Å²) in [4.78, 5) is 26.1. The molecule has 1 aliphatic rings. The molecule has 1 fully saturated rings. The molecule has 0 unspecified atom stereocenters. The number of aliphatic hydroxyl groups excluding tert-OH is 3. The molecule has 0 radical (unpaired) electrons. The number of rotatable bonds is 3. The topological polar surface area (TPSA) is 129 Å². The zero-order chi connectivity index (χ0) is 15.9. The lowest BCUT2D eigenvalue weighted by Gasteiger charge is -2.19. The fraction of sp³-hybridized carbons (Fsp3) is 0.429. The number of nitrogens with one attached hydrogen (secondary N) is 1. The maximum Gasteiger partial charge on any atom is 0.328 e. The fourth-order valence-corrected chi connectivity index (χ4v) is 2.91. The average Bonchev–Trinajstić information content (AvgIpc) is 3.10. The SMILES string of the molecule is O=c1[nH]c(=O)n([C@@H]2C[C@H](CO)[C@@H](O)[C@H]2O)cc1-c1ccoc1. The number of aliphatic hydroxyl groups is 3. The van der Waals surface area contributed by atoms with Crippen molar-refractivity contribution in [2.24, 2.45) is 5.92 Å². The average molecular weight is 308 g/mol. The third-order valence-corrected chi connectivity index (χ3v) is 4.16. The van der Waals surface area contributed by atoms with E-state index in [1.54, 1.807) is 6.07 Å². The van der Waals surface area contributed by atoms with Gasteiger partial charge in [-0.25, -0.2) is 4.79 Å². The Bertz CT molecular complexity index is 762. The first-order chi connectivity index (χ1) is 10.5. The van der Waals surface area contributed by atoms with Crippen LogP contribution in [0.1, 0.15) is 12.5 Å². The van der Waals surface area contributed by atoms with Crippen molar-refractivity contribution in [1.82, 2.24) is 9.55 Å². The third-order valence-electron chi connectivity index (χ3n) is 4.16. The summed E-state index contributed by atoms with van der Waals surface area (Å²) in [6.45, 7) is -0.290. The van der Waals surface area contributed by atoms with Crippen LogP contribution in [0, 0.1) is 5.92 Å². The van der Waals surface area contributed by atoms with Crippen LogP contribution in [0.15, 0.2) is 38.8 Å². The highest BCUT2D eigenvalue weighted by molar-refractivity contribution is 5.59. The Morgan fingerprint density at radius 2 is 2.09 bits per heavy atom. The zero-order valence-electron chi connectivity index (χ0n) is 11.5. The van der Waals surface area contributed by atoms with E-state index < -0.39 is 35.4 Å². The Labute approximate surface area is 124 Å². The molecule has 2 aromatic rings. The van der Waals surface area contributed by atoms with E-state index in [0.29, 0.717) is 5.56 Å². The second-order valence-electron chi connectivity index (χ2n) is 5.45. The van der Waals surface area contributed by atoms with Crippen molar-refractivity contribution in [1.29, 1.82) is 0 Å². The van der Waals surface area contributed by atoms with Crippen molar-refractivity contribution in [3.8, 4) is 11.1 Å². The fourth-order valence-electron chi connectivity index (χ4n) is 2.91. The van der Waals surface area contributed by atoms with Crippen molar-refractivity contribution in [3.63, 3.8) is 0 Å². The molecular weight excluding hydrogens is 292 g/mol. The van der Waals surface area contributed by atoms with Gasteiger partial charge in [0.25, 0.3) is 5.56 Å². The third kappa shape index (κ3) is 2.31. The minimum Gasteiger partial charge on any atom is -0.472 e. The summed E-state index contributed by atoms with van der Waals surface area (Å²) in [7, 11) is 0. The van der Waals surface area contributed by atoms with E-state index in [-0.39, 0.29) is 18.6 Å². The lowest BCUT2D eigenvalue weighted by atomic mass is 10.1. The largest absolute Gasteiger partial charge is 0.472 e. The number of furan rings is 1. The van der Waals surface area contributed by atoms with E-state index in [1.807, 2.05) is 0 Å². The predicted molar refractivity (Wildman–Crippen MR) is 75.3 cm³/mol. The molecule has 0 bridgehead atoms. The molecule has 118 valence electrons. The van der Waals surface area contributed by atoms with Crippen molar-refractivity contribution < 1.29 is 19.7 Å². The zero-order valence-corrected chi connectivity index (χ0v) is 11.5. The van der Waals surface area contributed by atoms with Crippen molar-refractivity contribution >= 4 is 0 Å². The van der Waals surface area contributed by atoms with Crippen LogP contribution in [0.5, 0.6) is 0 Å². The van der Waals surface area contributed by atoms with Gasteiger partial charge in [0, 0.05) is 24.3 Å². The van der Waals surface area contributed by atoms with Gasteiger partial charge in [-0.15, -0.1) is 0 Å².